The van der Waals surface area contributed by atoms with Crippen molar-refractivity contribution in [2.45, 2.75) is 12.8 Å². The second-order valence-electron chi connectivity index (χ2n) is 5.01. The highest BCUT2D eigenvalue weighted by atomic mass is 16.3. The number of carbonyl (C=O) groups is 1. The zero-order chi connectivity index (χ0) is 17.1. The summed E-state index contributed by atoms with van der Waals surface area (Å²) in [5.41, 5.74) is 3.84. The fourth-order valence-electron chi connectivity index (χ4n) is 1.82. The van der Waals surface area contributed by atoms with Gasteiger partial charge in [0, 0.05) is 5.57 Å². The highest BCUT2D eigenvalue weighted by Crippen LogP contribution is 2.22. The summed E-state index contributed by atoms with van der Waals surface area (Å²) >= 11 is 0. The first-order chi connectivity index (χ1) is 11.1. The third-order valence-corrected chi connectivity index (χ3v) is 3.16. The lowest BCUT2D eigenvalue weighted by Gasteiger charge is -2.04. The van der Waals surface area contributed by atoms with Crippen molar-refractivity contribution in [3.05, 3.63) is 78.9 Å². The Balaban J connectivity index is 0.000000379. The van der Waals surface area contributed by atoms with Crippen LogP contribution in [0.4, 0.5) is 0 Å². The summed E-state index contributed by atoms with van der Waals surface area (Å²) in [4.78, 5) is 9.48. The van der Waals surface area contributed by atoms with E-state index in [0.29, 0.717) is 12.0 Å². The fourth-order valence-corrected chi connectivity index (χ4v) is 1.82. The number of carbonyl (C=O) groups excluding carboxylic acids is 1. The zero-order valence-electron chi connectivity index (χ0n) is 13.1. The minimum Gasteiger partial charge on any atom is -0.508 e. The maximum absolute atomic E-state index is 9.48. The molecule has 0 saturated carbocycles. The molecule has 3 heteroatoms. The monoisotopic (exact) mass is 310 g/mol. The molecule has 0 radical (unpaired) electrons. The molecular weight excluding hydrogens is 288 g/mol. The number of phenolic OH excluding ortho intramolecular Hbond substituents is 1. The molecule has 0 heterocycles. The van der Waals surface area contributed by atoms with Gasteiger partial charge in [0.1, 0.15) is 12.0 Å². The summed E-state index contributed by atoms with van der Waals surface area (Å²) in [6.07, 6.45) is 4.52. The van der Waals surface area contributed by atoms with Gasteiger partial charge in [0.15, 0.2) is 0 Å². The van der Waals surface area contributed by atoms with Crippen LogP contribution < -0.4 is 0 Å². The summed E-state index contributed by atoms with van der Waals surface area (Å²) in [6, 6.07) is 15.8. The first kappa shape index (κ1) is 18.4. The standard InChI is InChI=1S/C16H16O.C4H6O2/c1-2-3-4-13-5-7-14(8-6-13)15-9-11-16(17)12-10-15;1-4(2-5)3-6/h2,5-12,17H,1,3-4H2;2,6H,1,3H2. The van der Waals surface area contributed by atoms with Crippen molar-refractivity contribution in [1.82, 2.24) is 0 Å². The van der Waals surface area contributed by atoms with Crippen LogP contribution in [0.3, 0.4) is 0 Å². The van der Waals surface area contributed by atoms with Gasteiger partial charge in [-0.25, -0.2) is 0 Å². The number of rotatable bonds is 6. The Morgan fingerprint density at radius 3 is 1.91 bits per heavy atom. The third-order valence-electron chi connectivity index (χ3n) is 3.16. The quantitative estimate of drug-likeness (QED) is 0.483. The summed E-state index contributed by atoms with van der Waals surface area (Å²) in [7, 11) is 0. The van der Waals surface area contributed by atoms with Crippen molar-refractivity contribution >= 4 is 6.29 Å². The topological polar surface area (TPSA) is 57.5 Å². The predicted octanol–water partition coefficient (Wildman–Crippen LogP) is 3.91. The molecule has 0 saturated heterocycles. The molecule has 0 aliphatic carbocycles. The number of aliphatic hydroxyl groups excluding tert-OH is 1. The van der Waals surface area contributed by atoms with Crippen LogP contribution in [0.5, 0.6) is 5.75 Å². The van der Waals surface area contributed by atoms with Crippen LogP contribution in [-0.2, 0) is 11.2 Å². The molecule has 0 aliphatic rings. The Morgan fingerprint density at radius 1 is 1.00 bits per heavy atom. The van der Waals surface area contributed by atoms with E-state index in [1.165, 1.54) is 11.1 Å². The number of hydrogen-bond donors (Lipinski definition) is 2. The van der Waals surface area contributed by atoms with Gasteiger partial charge in [-0.3, -0.25) is 4.79 Å². The molecule has 0 bridgehead atoms. The van der Waals surface area contributed by atoms with Gasteiger partial charge in [-0.05, 0) is 41.7 Å². The molecule has 3 nitrogen and oxygen atoms in total. The molecule has 2 rings (SSSR count). The van der Waals surface area contributed by atoms with Crippen LogP contribution in [0, 0.1) is 0 Å². The summed E-state index contributed by atoms with van der Waals surface area (Å²) < 4.78 is 0. The molecule has 0 unspecified atom stereocenters. The van der Waals surface area contributed by atoms with Gasteiger partial charge < -0.3 is 10.2 Å². The number of hydrogen-bond acceptors (Lipinski definition) is 3. The average molecular weight is 310 g/mol. The van der Waals surface area contributed by atoms with Gasteiger partial charge in [-0.1, -0.05) is 49.1 Å². The molecule has 120 valence electrons. The van der Waals surface area contributed by atoms with Crippen LogP contribution in [0.25, 0.3) is 11.1 Å². The van der Waals surface area contributed by atoms with Crippen molar-refractivity contribution in [3.63, 3.8) is 0 Å². The molecule has 2 N–H and O–H groups in total. The van der Waals surface area contributed by atoms with Gasteiger partial charge in [0.25, 0.3) is 0 Å². The Morgan fingerprint density at radius 2 is 1.52 bits per heavy atom. The molecular formula is C20H22O3. The van der Waals surface area contributed by atoms with Gasteiger partial charge in [0.2, 0.25) is 0 Å². The number of aliphatic hydroxyl groups is 1. The van der Waals surface area contributed by atoms with Crippen molar-refractivity contribution in [3.8, 4) is 16.9 Å². The molecule has 23 heavy (non-hydrogen) atoms. The van der Waals surface area contributed by atoms with Crippen LogP contribution in [-0.4, -0.2) is 23.1 Å². The van der Waals surface area contributed by atoms with E-state index in [1.807, 2.05) is 18.2 Å². The molecule has 2 aromatic rings. The molecule has 0 atom stereocenters. The van der Waals surface area contributed by atoms with E-state index in [0.717, 1.165) is 18.4 Å². The summed E-state index contributed by atoms with van der Waals surface area (Å²) in [5.74, 6) is 0.302. The number of aryl methyl sites for hydroxylation is 1. The van der Waals surface area contributed by atoms with Crippen molar-refractivity contribution in [2.24, 2.45) is 0 Å². The lowest BCUT2D eigenvalue weighted by Crippen LogP contribution is -1.86. The van der Waals surface area contributed by atoms with Gasteiger partial charge in [-0.2, -0.15) is 0 Å². The summed E-state index contributed by atoms with van der Waals surface area (Å²) in [5, 5.41) is 17.2. The Kier molecular flexibility index (Phi) is 8.11. The van der Waals surface area contributed by atoms with Crippen LogP contribution in [0.15, 0.2) is 73.3 Å². The highest BCUT2D eigenvalue weighted by molar-refractivity contribution is 5.72. The largest absolute Gasteiger partial charge is 0.508 e. The Bertz CT molecular complexity index is 625. The normalized spacial score (nSPS) is 9.43. The second kappa shape index (κ2) is 10.1. The smallest absolute Gasteiger partial charge is 0.147 e. The van der Waals surface area contributed by atoms with Crippen molar-refractivity contribution < 1.29 is 15.0 Å². The van der Waals surface area contributed by atoms with E-state index in [4.69, 9.17) is 5.11 Å². The lowest BCUT2D eigenvalue weighted by atomic mass is 10.0. The van der Waals surface area contributed by atoms with E-state index in [-0.39, 0.29) is 12.2 Å². The minimum atomic E-state index is -0.233. The van der Waals surface area contributed by atoms with Crippen LogP contribution in [0.2, 0.25) is 0 Å². The lowest BCUT2D eigenvalue weighted by molar-refractivity contribution is -0.105. The van der Waals surface area contributed by atoms with Crippen LogP contribution in [0.1, 0.15) is 12.0 Å². The third kappa shape index (κ3) is 6.76. The fraction of sp³-hybridized carbons (Fsp3) is 0.150. The molecule has 0 aliphatic heterocycles. The number of benzene rings is 2. The zero-order valence-corrected chi connectivity index (χ0v) is 13.1. The number of aldehydes is 1. The average Bonchev–Trinajstić information content (AvgIpc) is 2.61. The minimum absolute atomic E-state index is 0.218. The Hall–Kier alpha value is -2.65. The number of allylic oxidation sites excluding steroid dienone is 1. The van der Waals surface area contributed by atoms with Gasteiger partial charge >= 0.3 is 0 Å². The van der Waals surface area contributed by atoms with E-state index >= 15 is 0 Å². The van der Waals surface area contributed by atoms with E-state index < -0.39 is 0 Å². The highest BCUT2D eigenvalue weighted by Gasteiger charge is 1.98. The predicted molar refractivity (Wildman–Crippen MR) is 94.4 cm³/mol. The molecule has 0 fully saturated rings. The molecule has 0 aromatic heterocycles. The number of phenols is 1. The van der Waals surface area contributed by atoms with E-state index in [9.17, 15) is 9.90 Å². The molecule has 0 spiro atoms. The molecule has 2 aromatic carbocycles. The van der Waals surface area contributed by atoms with Crippen molar-refractivity contribution in [1.29, 1.82) is 0 Å². The maximum atomic E-state index is 9.48. The number of aromatic hydroxyl groups is 1. The second-order valence-corrected chi connectivity index (χ2v) is 5.01. The van der Waals surface area contributed by atoms with Crippen LogP contribution >= 0.6 is 0 Å². The first-order valence-corrected chi connectivity index (χ1v) is 7.33. The Labute approximate surface area is 137 Å². The van der Waals surface area contributed by atoms with Gasteiger partial charge in [-0.15, -0.1) is 6.58 Å². The SMILES string of the molecule is C=C(C=O)CO.C=CCCc1ccc(-c2ccc(O)cc2)cc1. The van der Waals surface area contributed by atoms with Crippen molar-refractivity contribution in [2.75, 3.05) is 6.61 Å². The molecule has 0 amide bonds. The summed E-state index contributed by atoms with van der Waals surface area (Å²) in [6.45, 7) is 6.67. The first-order valence-electron chi connectivity index (χ1n) is 7.33. The maximum Gasteiger partial charge on any atom is 0.147 e. The van der Waals surface area contributed by atoms with E-state index in [1.54, 1.807) is 12.1 Å². The van der Waals surface area contributed by atoms with E-state index in [2.05, 4.69) is 37.4 Å². The van der Waals surface area contributed by atoms with Gasteiger partial charge in [0.05, 0.1) is 6.61 Å².